The van der Waals surface area contributed by atoms with Crippen LogP contribution in [0.1, 0.15) is 24.1 Å². The Balaban J connectivity index is 1.66. The second-order valence-corrected chi connectivity index (χ2v) is 6.84. The summed E-state index contributed by atoms with van der Waals surface area (Å²) in [6.45, 7) is 1.73. The van der Waals surface area contributed by atoms with Gasteiger partial charge in [-0.1, -0.05) is 0 Å². The number of anilines is 3. The summed E-state index contributed by atoms with van der Waals surface area (Å²) in [4.78, 5) is 11.8. The van der Waals surface area contributed by atoms with Crippen LogP contribution in [0, 0.1) is 0 Å². The number of nitrogens with zero attached hydrogens (tertiary/aromatic N) is 3. The summed E-state index contributed by atoms with van der Waals surface area (Å²) in [5, 5.41) is 3.46. The second kappa shape index (κ2) is 6.99. The second-order valence-electron chi connectivity index (χ2n) is 6.84. The third kappa shape index (κ3) is 3.14. The van der Waals surface area contributed by atoms with Gasteiger partial charge in [0, 0.05) is 36.4 Å². The molecule has 1 fully saturated rings. The first kappa shape index (κ1) is 16.9. The summed E-state index contributed by atoms with van der Waals surface area (Å²) in [5.41, 5.74) is 9.34. The van der Waals surface area contributed by atoms with Crippen LogP contribution in [0.15, 0.2) is 18.2 Å². The van der Waals surface area contributed by atoms with Gasteiger partial charge in [-0.05, 0) is 37.8 Å². The highest BCUT2D eigenvalue weighted by Gasteiger charge is 2.25. The van der Waals surface area contributed by atoms with E-state index in [1.54, 1.807) is 14.2 Å². The molecule has 1 aromatic heterocycles. The van der Waals surface area contributed by atoms with Gasteiger partial charge >= 0.3 is 0 Å². The van der Waals surface area contributed by atoms with Gasteiger partial charge in [-0.15, -0.1) is 0 Å². The standard InChI is InChI=1S/C19H25N5O2/c1-25-16-7-6-13(10-17(16)26-2)21-18-14-4-3-5-15(14)22-19(23-18)24-9-8-12(20)11-24/h6-7,10,12H,3-5,8-9,11,20H2,1-2H3,(H,21,22,23). The van der Waals surface area contributed by atoms with Crippen LogP contribution in [0.2, 0.25) is 0 Å². The van der Waals surface area contributed by atoms with E-state index in [-0.39, 0.29) is 6.04 Å². The first-order chi connectivity index (χ1) is 12.7. The van der Waals surface area contributed by atoms with Crippen molar-refractivity contribution in [3.63, 3.8) is 0 Å². The van der Waals surface area contributed by atoms with Crippen LogP contribution in [0.5, 0.6) is 11.5 Å². The zero-order valence-electron chi connectivity index (χ0n) is 15.3. The minimum absolute atomic E-state index is 0.203. The summed E-state index contributed by atoms with van der Waals surface area (Å²) in [6.07, 6.45) is 4.11. The molecule has 4 rings (SSSR count). The van der Waals surface area contributed by atoms with E-state index in [4.69, 9.17) is 25.2 Å². The molecular formula is C19H25N5O2. The van der Waals surface area contributed by atoms with Gasteiger partial charge in [-0.3, -0.25) is 0 Å². The van der Waals surface area contributed by atoms with Gasteiger partial charge in [0.05, 0.1) is 19.9 Å². The highest BCUT2D eigenvalue weighted by atomic mass is 16.5. The van der Waals surface area contributed by atoms with Crippen LogP contribution < -0.4 is 25.4 Å². The van der Waals surface area contributed by atoms with Gasteiger partial charge in [-0.25, -0.2) is 4.98 Å². The monoisotopic (exact) mass is 355 g/mol. The normalized spacial score (nSPS) is 18.7. The molecule has 3 N–H and O–H groups in total. The van der Waals surface area contributed by atoms with E-state index in [1.165, 1.54) is 5.56 Å². The quantitative estimate of drug-likeness (QED) is 0.851. The minimum atomic E-state index is 0.203. The van der Waals surface area contributed by atoms with Crippen molar-refractivity contribution in [2.24, 2.45) is 5.73 Å². The molecule has 1 atom stereocenters. The number of hydrogen-bond donors (Lipinski definition) is 2. The van der Waals surface area contributed by atoms with Crippen LogP contribution >= 0.6 is 0 Å². The SMILES string of the molecule is COc1ccc(Nc2nc(N3CCC(N)C3)nc3c2CCC3)cc1OC. The Morgan fingerprint density at radius 3 is 2.73 bits per heavy atom. The first-order valence-electron chi connectivity index (χ1n) is 9.07. The highest BCUT2D eigenvalue weighted by molar-refractivity contribution is 5.65. The minimum Gasteiger partial charge on any atom is -0.493 e. The van der Waals surface area contributed by atoms with Gasteiger partial charge in [0.2, 0.25) is 5.95 Å². The first-order valence-corrected chi connectivity index (χ1v) is 9.07. The number of fused-ring (bicyclic) bond motifs is 1. The zero-order valence-corrected chi connectivity index (χ0v) is 15.3. The Bertz CT molecular complexity index is 811. The van der Waals surface area contributed by atoms with Crippen LogP contribution in [0.3, 0.4) is 0 Å². The molecule has 1 saturated heterocycles. The van der Waals surface area contributed by atoms with Gasteiger partial charge in [0.1, 0.15) is 5.82 Å². The predicted octanol–water partition coefficient (Wildman–Crippen LogP) is 2.26. The molecule has 7 heteroatoms. The van der Waals surface area contributed by atoms with Crippen molar-refractivity contribution >= 4 is 17.5 Å². The van der Waals surface area contributed by atoms with E-state index in [2.05, 4.69) is 10.2 Å². The fraction of sp³-hybridized carbons (Fsp3) is 0.474. The fourth-order valence-corrected chi connectivity index (χ4v) is 3.68. The molecule has 0 radical (unpaired) electrons. The molecule has 1 aliphatic carbocycles. The number of hydrogen-bond acceptors (Lipinski definition) is 7. The maximum absolute atomic E-state index is 6.06. The number of nitrogens with one attached hydrogen (secondary N) is 1. The molecule has 0 amide bonds. The number of aryl methyl sites for hydroxylation is 1. The molecule has 1 aliphatic heterocycles. The molecule has 1 unspecified atom stereocenters. The Labute approximate surface area is 153 Å². The molecule has 2 aromatic rings. The molecule has 1 aromatic carbocycles. The van der Waals surface area contributed by atoms with Crippen molar-refractivity contribution < 1.29 is 9.47 Å². The lowest BCUT2D eigenvalue weighted by Crippen LogP contribution is -2.28. The number of ether oxygens (including phenoxy) is 2. The van der Waals surface area contributed by atoms with Crippen molar-refractivity contribution in [1.29, 1.82) is 0 Å². The van der Waals surface area contributed by atoms with Crippen molar-refractivity contribution in [1.82, 2.24) is 9.97 Å². The Hall–Kier alpha value is -2.54. The molecular weight excluding hydrogens is 330 g/mol. The number of methoxy groups -OCH3 is 2. The largest absolute Gasteiger partial charge is 0.493 e. The summed E-state index contributed by atoms with van der Waals surface area (Å²) in [6, 6.07) is 5.99. The maximum Gasteiger partial charge on any atom is 0.227 e. The molecule has 26 heavy (non-hydrogen) atoms. The molecule has 0 spiro atoms. The summed E-state index contributed by atoms with van der Waals surface area (Å²) >= 11 is 0. The van der Waals surface area contributed by atoms with E-state index in [0.29, 0.717) is 11.5 Å². The van der Waals surface area contributed by atoms with E-state index < -0.39 is 0 Å². The van der Waals surface area contributed by atoms with Crippen molar-refractivity contribution in [2.75, 3.05) is 37.5 Å². The zero-order chi connectivity index (χ0) is 18.1. The van der Waals surface area contributed by atoms with Gasteiger partial charge in [0.15, 0.2) is 11.5 Å². The molecule has 7 nitrogen and oxygen atoms in total. The number of nitrogens with two attached hydrogens (primary N) is 1. The van der Waals surface area contributed by atoms with Crippen molar-refractivity contribution in [3.05, 3.63) is 29.5 Å². The summed E-state index contributed by atoms with van der Waals surface area (Å²) in [7, 11) is 3.27. The lowest BCUT2D eigenvalue weighted by atomic mass is 10.2. The Morgan fingerprint density at radius 1 is 1.15 bits per heavy atom. The van der Waals surface area contributed by atoms with Crippen LogP contribution in [-0.4, -0.2) is 43.3 Å². The average molecular weight is 355 g/mol. The molecule has 2 heterocycles. The predicted molar refractivity (Wildman–Crippen MR) is 102 cm³/mol. The van der Waals surface area contributed by atoms with E-state index in [9.17, 15) is 0 Å². The molecule has 138 valence electrons. The summed E-state index contributed by atoms with van der Waals surface area (Å²) < 4.78 is 10.7. The number of aromatic nitrogens is 2. The lowest BCUT2D eigenvalue weighted by molar-refractivity contribution is 0.355. The Morgan fingerprint density at radius 2 is 2.00 bits per heavy atom. The smallest absolute Gasteiger partial charge is 0.227 e. The molecule has 2 aliphatic rings. The average Bonchev–Trinajstić information content (AvgIpc) is 3.30. The van der Waals surface area contributed by atoms with E-state index >= 15 is 0 Å². The third-order valence-corrected chi connectivity index (χ3v) is 5.08. The van der Waals surface area contributed by atoms with Crippen molar-refractivity contribution in [2.45, 2.75) is 31.7 Å². The van der Waals surface area contributed by atoms with E-state index in [0.717, 1.165) is 61.9 Å². The highest BCUT2D eigenvalue weighted by Crippen LogP contribution is 2.34. The van der Waals surface area contributed by atoms with Gasteiger partial charge in [0.25, 0.3) is 0 Å². The number of rotatable bonds is 5. The third-order valence-electron chi connectivity index (χ3n) is 5.08. The van der Waals surface area contributed by atoms with Crippen LogP contribution in [0.25, 0.3) is 0 Å². The van der Waals surface area contributed by atoms with Gasteiger partial charge in [-0.2, -0.15) is 4.98 Å². The number of benzene rings is 1. The molecule has 0 saturated carbocycles. The lowest BCUT2D eigenvalue weighted by Gasteiger charge is -2.19. The molecule has 0 bridgehead atoms. The maximum atomic E-state index is 6.06. The van der Waals surface area contributed by atoms with Crippen molar-refractivity contribution in [3.8, 4) is 11.5 Å². The summed E-state index contributed by atoms with van der Waals surface area (Å²) in [5.74, 6) is 3.06. The Kier molecular flexibility index (Phi) is 4.55. The van der Waals surface area contributed by atoms with Gasteiger partial charge < -0.3 is 25.4 Å². The topological polar surface area (TPSA) is 85.5 Å². The van der Waals surface area contributed by atoms with Crippen LogP contribution in [-0.2, 0) is 12.8 Å². The fourth-order valence-electron chi connectivity index (χ4n) is 3.68. The van der Waals surface area contributed by atoms with E-state index in [1.807, 2.05) is 18.2 Å². The van der Waals surface area contributed by atoms with Crippen LogP contribution in [0.4, 0.5) is 17.5 Å².